The molecule has 0 fully saturated rings. The molecule has 0 saturated carbocycles. The fraction of sp³-hybridized carbons (Fsp3) is 0.800. The van der Waals surface area contributed by atoms with Gasteiger partial charge in [0, 0.05) is 0 Å². The monoisotopic (exact) mass is 256 g/mol. The molecular weight excluding hydrogens is 228 g/mol. The van der Waals surface area contributed by atoms with E-state index in [1.807, 2.05) is 0 Å². The first-order valence-electron chi connectivity index (χ1n) is 7.23. The minimum Gasteiger partial charge on any atom is -0.487 e. The van der Waals surface area contributed by atoms with E-state index < -0.39 is 5.97 Å². The Balaban J connectivity index is 3.07. The van der Waals surface area contributed by atoms with Gasteiger partial charge in [0.15, 0.2) is 5.76 Å². The summed E-state index contributed by atoms with van der Waals surface area (Å²) < 4.78 is 4.98. The van der Waals surface area contributed by atoms with Crippen LogP contribution < -0.4 is 0 Å². The van der Waals surface area contributed by atoms with Crippen LogP contribution in [0, 0.1) is 0 Å². The average Bonchev–Trinajstić information content (AvgIpc) is 2.35. The Morgan fingerprint density at radius 3 is 1.83 bits per heavy atom. The van der Waals surface area contributed by atoms with E-state index in [4.69, 9.17) is 9.84 Å². The summed E-state index contributed by atoms with van der Waals surface area (Å²) in [5, 5.41) is 8.52. The molecule has 0 spiro atoms. The average molecular weight is 256 g/mol. The van der Waals surface area contributed by atoms with Crippen LogP contribution in [0.5, 0.6) is 0 Å². The molecule has 0 aliphatic heterocycles. The van der Waals surface area contributed by atoms with Crippen molar-refractivity contribution in [3.63, 3.8) is 0 Å². The second kappa shape index (κ2) is 12.5. The van der Waals surface area contributed by atoms with Gasteiger partial charge in [0.2, 0.25) is 0 Å². The highest BCUT2D eigenvalue weighted by molar-refractivity contribution is 5.83. The Bertz CT molecular complexity index is 224. The van der Waals surface area contributed by atoms with Crippen molar-refractivity contribution in [3.8, 4) is 0 Å². The van der Waals surface area contributed by atoms with Gasteiger partial charge in [-0.15, -0.1) is 0 Å². The Kier molecular flexibility index (Phi) is 11.8. The third-order valence-electron chi connectivity index (χ3n) is 3.01. The topological polar surface area (TPSA) is 46.5 Å². The smallest absolute Gasteiger partial charge is 0.370 e. The summed E-state index contributed by atoms with van der Waals surface area (Å²) in [6.07, 6.45) is 12.6. The fourth-order valence-corrected chi connectivity index (χ4v) is 1.85. The van der Waals surface area contributed by atoms with Gasteiger partial charge in [-0.3, -0.25) is 0 Å². The maximum atomic E-state index is 10.4. The molecule has 0 aliphatic carbocycles. The van der Waals surface area contributed by atoms with Gasteiger partial charge in [0.25, 0.3) is 0 Å². The van der Waals surface area contributed by atoms with Gasteiger partial charge in [-0.25, -0.2) is 4.79 Å². The summed E-state index contributed by atoms with van der Waals surface area (Å²) in [5.41, 5.74) is 0. The van der Waals surface area contributed by atoms with Crippen LogP contribution in [0.25, 0.3) is 0 Å². The highest BCUT2D eigenvalue weighted by Gasteiger charge is 2.03. The first kappa shape index (κ1) is 17.0. The Morgan fingerprint density at radius 1 is 0.944 bits per heavy atom. The number of hydrogen-bond acceptors (Lipinski definition) is 2. The van der Waals surface area contributed by atoms with Crippen LogP contribution in [0.1, 0.15) is 71.1 Å². The van der Waals surface area contributed by atoms with E-state index in [1.54, 1.807) is 0 Å². The number of rotatable bonds is 13. The minimum absolute atomic E-state index is 0.147. The summed E-state index contributed by atoms with van der Waals surface area (Å²) in [4.78, 5) is 10.4. The number of carboxylic acids is 1. The van der Waals surface area contributed by atoms with Crippen molar-refractivity contribution in [2.75, 3.05) is 6.61 Å². The molecule has 0 unspecified atom stereocenters. The van der Waals surface area contributed by atoms with Crippen LogP contribution in [0.2, 0.25) is 0 Å². The lowest BCUT2D eigenvalue weighted by atomic mass is 10.1. The van der Waals surface area contributed by atoms with Crippen LogP contribution in [0.4, 0.5) is 0 Å². The van der Waals surface area contributed by atoms with Crippen molar-refractivity contribution >= 4 is 5.97 Å². The molecule has 3 nitrogen and oxygen atoms in total. The van der Waals surface area contributed by atoms with Crippen LogP contribution >= 0.6 is 0 Å². The molecule has 0 aliphatic rings. The van der Waals surface area contributed by atoms with Crippen LogP contribution in [0.3, 0.4) is 0 Å². The Morgan fingerprint density at radius 2 is 1.39 bits per heavy atom. The molecule has 0 bridgehead atoms. The molecule has 0 atom stereocenters. The summed E-state index contributed by atoms with van der Waals surface area (Å²) in [7, 11) is 0. The maximum Gasteiger partial charge on any atom is 0.370 e. The summed E-state index contributed by atoms with van der Waals surface area (Å²) >= 11 is 0. The number of carbonyl (C=O) groups is 1. The van der Waals surface area contributed by atoms with Gasteiger partial charge >= 0.3 is 5.97 Å². The molecular formula is C15H28O3. The normalized spacial score (nSPS) is 10.3. The van der Waals surface area contributed by atoms with Crippen molar-refractivity contribution in [3.05, 3.63) is 12.3 Å². The number of ether oxygens (including phenoxy) is 1. The van der Waals surface area contributed by atoms with E-state index in [-0.39, 0.29) is 5.76 Å². The molecule has 18 heavy (non-hydrogen) atoms. The zero-order valence-electron chi connectivity index (χ0n) is 11.7. The second-order valence-corrected chi connectivity index (χ2v) is 4.76. The SMILES string of the molecule is C=C(OCCCCCCCCCCCC)C(=O)O. The molecule has 0 aromatic rings. The molecule has 1 N–H and O–H groups in total. The van der Waals surface area contributed by atoms with E-state index in [0.717, 1.165) is 12.8 Å². The van der Waals surface area contributed by atoms with E-state index >= 15 is 0 Å². The largest absolute Gasteiger partial charge is 0.487 e. The summed E-state index contributed by atoms with van der Waals surface area (Å²) in [6.45, 7) is 6.03. The zero-order valence-corrected chi connectivity index (χ0v) is 11.7. The van der Waals surface area contributed by atoms with Gasteiger partial charge in [0.1, 0.15) is 0 Å². The van der Waals surface area contributed by atoms with Crippen LogP contribution in [-0.4, -0.2) is 17.7 Å². The number of aliphatic carboxylic acids is 1. The van der Waals surface area contributed by atoms with Crippen molar-refractivity contribution < 1.29 is 14.6 Å². The third-order valence-corrected chi connectivity index (χ3v) is 3.01. The molecule has 0 aromatic carbocycles. The lowest BCUT2D eigenvalue weighted by Gasteiger charge is -2.05. The first-order valence-corrected chi connectivity index (χ1v) is 7.23. The fourth-order valence-electron chi connectivity index (χ4n) is 1.85. The highest BCUT2D eigenvalue weighted by atomic mass is 16.5. The molecule has 0 aromatic heterocycles. The predicted molar refractivity (Wildman–Crippen MR) is 74.6 cm³/mol. The molecule has 0 amide bonds. The molecule has 0 saturated heterocycles. The van der Waals surface area contributed by atoms with Crippen LogP contribution in [-0.2, 0) is 9.53 Å². The summed E-state index contributed by atoms with van der Waals surface area (Å²) in [5.74, 6) is -1.21. The molecule has 0 radical (unpaired) electrons. The molecule has 0 heterocycles. The van der Waals surface area contributed by atoms with Gasteiger partial charge in [0.05, 0.1) is 6.61 Å². The van der Waals surface area contributed by atoms with Gasteiger partial charge in [-0.1, -0.05) is 64.7 Å². The number of carboxylic acid groups (broad SMARTS) is 1. The van der Waals surface area contributed by atoms with Gasteiger partial charge < -0.3 is 9.84 Å². The van der Waals surface area contributed by atoms with E-state index in [0.29, 0.717) is 6.61 Å². The van der Waals surface area contributed by atoms with E-state index in [2.05, 4.69) is 13.5 Å². The van der Waals surface area contributed by atoms with Gasteiger partial charge in [-0.05, 0) is 13.0 Å². The van der Waals surface area contributed by atoms with Gasteiger partial charge in [-0.2, -0.15) is 0 Å². The van der Waals surface area contributed by atoms with E-state index in [9.17, 15) is 4.79 Å². The highest BCUT2D eigenvalue weighted by Crippen LogP contribution is 2.10. The van der Waals surface area contributed by atoms with Crippen LogP contribution in [0.15, 0.2) is 12.3 Å². The predicted octanol–water partition coefficient (Wildman–Crippen LogP) is 4.52. The minimum atomic E-state index is -1.07. The quantitative estimate of drug-likeness (QED) is 0.299. The maximum absolute atomic E-state index is 10.4. The molecule has 3 heteroatoms. The van der Waals surface area contributed by atoms with Crippen molar-refractivity contribution in [2.45, 2.75) is 71.1 Å². The first-order chi connectivity index (χ1) is 8.68. The number of unbranched alkanes of at least 4 members (excludes halogenated alkanes) is 9. The third kappa shape index (κ3) is 11.5. The van der Waals surface area contributed by atoms with E-state index in [1.165, 1.54) is 51.4 Å². The molecule has 0 rings (SSSR count). The van der Waals surface area contributed by atoms with Crippen molar-refractivity contribution in [1.82, 2.24) is 0 Å². The zero-order chi connectivity index (χ0) is 13.6. The Labute approximate surface area is 111 Å². The Hall–Kier alpha value is -0.990. The lowest BCUT2D eigenvalue weighted by Crippen LogP contribution is -2.04. The standard InChI is InChI=1S/C15H28O3/c1-3-4-5-6-7-8-9-10-11-12-13-18-14(2)15(16)17/h2-13H2,1H3,(H,16,17). The number of hydrogen-bond donors (Lipinski definition) is 1. The lowest BCUT2D eigenvalue weighted by molar-refractivity contribution is -0.136. The van der Waals surface area contributed by atoms with Crippen molar-refractivity contribution in [2.24, 2.45) is 0 Å². The summed E-state index contributed by atoms with van der Waals surface area (Å²) in [6, 6.07) is 0. The second-order valence-electron chi connectivity index (χ2n) is 4.76. The van der Waals surface area contributed by atoms with Crippen molar-refractivity contribution in [1.29, 1.82) is 0 Å². The molecule has 106 valence electrons.